The molecule has 2 amide bonds. The lowest BCUT2D eigenvalue weighted by Gasteiger charge is -2.29. The van der Waals surface area contributed by atoms with Gasteiger partial charge in [0, 0.05) is 25.6 Å². The standard InChI is InChI=1S/C37H65N3O5/c1-7-8-9-10-11-12-13-14-15-16-17-18-19-20-21-22-25-38-34(41)43-29-36(4)23-24-37(5,45-36)30-44-35(42)39-28-33-27-31(2)26-32(3)40(33)6/h26-27H,7-25,28-30H2,1-6H3,(H-,38,39,41,42)/p+1/t36-,37+/m1/s1. The number of hydrogen-bond donors (Lipinski definition) is 2. The molecule has 1 fully saturated rings. The third-order valence-corrected chi connectivity index (χ3v) is 9.20. The Balaban J connectivity index is 1.46. The van der Waals surface area contributed by atoms with E-state index < -0.39 is 23.4 Å². The van der Waals surface area contributed by atoms with Crippen LogP contribution in [0.15, 0.2) is 12.1 Å². The second-order valence-corrected chi connectivity index (χ2v) is 14.0. The summed E-state index contributed by atoms with van der Waals surface area (Å²) in [7, 11) is 1.98. The molecular formula is C37H66N3O5+. The SMILES string of the molecule is CCCCCCCCCCCCCCCCCCNC(=O)OC[C@@]1(C)CC[C@@](C)(COC(=O)NCc2cc(C)cc(C)[n+]2C)O1. The summed E-state index contributed by atoms with van der Waals surface area (Å²) in [5.74, 6) is 0. The van der Waals surface area contributed by atoms with Gasteiger partial charge in [0.1, 0.15) is 38.0 Å². The molecule has 2 rings (SSSR count). The fourth-order valence-corrected chi connectivity index (χ4v) is 6.22. The quantitative estimate of drug-likeness (QED) is 0.0931. The van der Waals surface area contributed by atoms with E-state index >= 15 is 0 Å². The number of unbranched alkanes of at least 4 members (excludes halogenated alkanes) is 15. The van der Waals surface area contributed by atoms with E-state index in [4.69, 9.17) is 14.2 Å². The summed E-state index contributed by atoms with van der Waals surface area (Å²) >= 11 is 0. The number of amides is 2. The summed E-state index contributed by atoms with van der Waals surface area (Å²) < 4.78 is 19.3. The van der Waals surface area contributed by atoms with Gasteiger partial charge >= 0.3 is 12.2 Å². The van der Waals surface area contributed by atoms with Gasteiger partial charge in [-0.25, -0.2) is 14.2 Å². The van der Waals surface area contributed by atoms with Crippen LogP contribution in [-0.4, -0.2) is 43.1 Å². The summed E-state index contributed by atoms with van der Waals surface area (Å²) in [6.07, 6.45) is 21.9. The van der Waals surface area contributed by atoms with Crippen LogP contribution in [0.5, 0.6) is 0 Å². The number of hydrogen-bond acceptors (Lipinski definition) is 5. The molecule has 0 aromatic carbocycles. The van der Waals surface area contributed by atoms with Crippen molar-refractivity contribution in [3.05, 3.63) is 29.1 Å². The highest BCUT2D eigenvalue weighted by Crippen LogP contribution is 2.38. The lowest BCUT2D eigenvalue weighted by Crippen LogP contribution is -2.42. The molecule has 8 nitrogen and oxygen atoms in total. The monoisotopic (exact) mass is 632 g/mol. The highest BCUT2D eigenvalue weighted by Gasteiger charge is 2.45. The van der Waals surface area contributed by atoms with Crippen molar-refractivity contribution in [3.8, 4) is 0 Å². The van der Waals surface area contributed by atoms with Gasteiger partial charge in [-0.2, -0.15) is 0 Å². The van der Waals surface area contributed by atoms with Crippen molar-refractivity contribution in [1.82, 2.24) is 10.6 Å². The molecule has 2 heterocycles. The molecule has 0 radical (unpaired) electrons. The van der Waals surface area contributed by atoms with Crippen molar-refractivity contribution < 1.29 is 28.4 Å². The van der Waals surface area contributed by atoms with Gasteiger partial charge in [0.25, 0.3) is 0 Å². The largest absolute Gasteiger partial charge is 0.447 e. The smallest absolute Gasteiger partial charge is 0.407 e. The van der Waals surface area contributed by atoms with Crippen molar-refractivity contribution in [2.45, 2.75) is 168 Å². The summed E-state index contributed by atoms with van der Waals surface area (Å²) in [4.78, 5) is 24.7. The van der Waals surface area contributed by atoms with E-state index in [1.54, 1.807) is 0 Å². The second-order valence-electron chi connectivity index (χ2n) is 14.0. The molecule has 2 atom stereocenters. The summed E-state index contributed by atoms with van der Waals surface area (Å²) in [5.41, 5.74) is 2.06. The first kappa shape index (κ1) is 38.8. The van der Waals surface area contributed by atoms with Gasteiger partial charge in [-0.3, -0.25) is 0 Å². The van der Waals surface area contributed by atoms with Crippen LogP contribution in [-0.2, 0) is 27.8 Å². The normalized spacial score (nSPS) is 19.4. The lowest BCUT2D eigenvalue weighted by molar-refractivity contribution is -0.685. The van der Waals surface area contributed by atoms with Crippen LogP contribution >= 0.6 is 0 Å². The Morgan fingerprint density at radius 1 is 0.733 bits per heavy atom. The molecule has 2 N–H and O–H groups in total. The first-order valence-corrected chi connectivity index (χ1v) is 18.0. The van der Waals surface area contributed by atoms with Crippen LogP contribution < -0.4 is 15.2 Å². The molecule has 1 aromatic heterocycles. The zero-order chi connectivity index (χ0) is 33.0. The van der Waals surface area contributed by atoms with Crippen LogP contribution in [0, 0.1) is 13.8 Å². The van der Waals surface area contributed by atoms with Crippen molar-refractivity contribution >= 4 is 12.2 Å². The van der Waals surface area contributed by atoms with Crippen LogP contribution in [0.25, 0.3) is 0 Å². The average Bonchev–Trinajstić information content (AvgIpc) is 3.32. The second kappa shape index (κ2) is 21.4. The fourth-order valence-electron chi connectivity index (χ4n) is 6.22. The summed E-state index contributed by atoms with van der Waals surface area (Å²) in [6.45, 7) is 11.6. The first-order valence-electron chi connectivity index (χ1n) is 18.0. The third-order valence-electron chi connectivity index (χ3n) is 9.20. The number of nitrogens with zero attached hydrogens (tertiary/aromatic N) is 1. The molecule has 258 valence electrons. The Labute approximate surface area is 274 Å². The molecule has 1 saturated heterocycles. The Hall–Kier alpha value is -2.35. The third kappa shape index (κ3) is 16.7. The predicted octanol–water partition coefficient (Wildman–Crippen LogP) is 8.67. The molecule has 0 aliphatic carbocycles. The van der Waals surface area contributed by atoms with E-state index in [2.05, 4.69) is 34.3 Å². The zero-order valence-electron chi connectivity index (χ0n) is 29.7. The van der Waals surface area contributed by atoms with Crippen molar-refractivity contribution in [2.75, 3.05) is 19.8 Å². The van der Waals surface area contributed by atoms with Crippen molar-refractivity contribution in [2.24, 2.45) is 7.05 Å². The predicted molar refractivity (Wildman–Crippen MR) is 181 cm³/mol. The lowest BCUT2D eigenvalue weighted by atomic mass is 9.99. The van der Waals surface area contributed by atoms with Crippen LogP contribution in [0.1, 0.15) is 153 Å². The molecule has 0 unspecified atom stereocenters. The highest BCUT2D eigenvalue weighted by atomic mass is 16.6. The summed E-state index contributed by atoms with van der Waals surface area (Å²) in [6, 6.07) is 4.16. The maximum Gasteiger partial charge on any atom is 0.407 e. The zero-order valence-corrected chi connectivity index (χ0v) is 29.7. The van der Waals surface area contributed by atoms with Gasteiger partial charge in [-0.05, 0) is 45.6 Å². The molecule has 0 bridgehead atoms. The molecule has 1 aromatic rings. The number of pyridine rings is 1. The van der Waals surface area contributed by atoms with E-state index in [1.807, 2.05) is 34.7 Å². The molecule has 45 heavy (non-hydrogen) atoms. The van der Waals surface area contributed by atoms with E-state index in [-0.39, 0.29) is 13.2 Å². The number of ether oxygens (including phenoxy) is 3. The van der Waals surface area contributed by atoms with Gasteiger partial charge < -0.3 is 24.8 Å². The number of aromatic nitrogens is 1. The average molecular weight is 633 g/mol. The number of rotatable bonds is 23. The maximum atomic E-state index is 12.4. The van der Waals surface area contributed by atoms with Crippen LogP contribution in [0.2, 0.25) is 0 Å². The van der Waals surface area contributed by atoms with E-state index in [0.29, 0.717) is 19.5 Å². The van der Waals surface area contributed by atoms with E-state index in [0.717, 1.165) is 36.2 Å². The molecule has 1 aliphatic heterocycles. The van der Waals surface area contributed by atoms with Gasteiger partial charge in [-0.1, -0.05) is 103 Å². The minimum atomic E-state index is -0.621. The fraction of sp³-hybridized carbons (Fsp3) is 0.811. The number of aryl methyl sites for hydroxylation is 2. The number of carbonyl (C=O) groups is 2. The minimum Gasteiger partial charge on any atom is -0.447 e. The maximum absolute atomic E-state index is 12.4. The Kier molecular flexibility index (Phi) is 18.5. The minimum absolute atomic E-state index is 0.138. The first-order chi connectivity index (χ1) is 21.6. The molecule has 1 aliphatic rings. The number of carbonyl (C=O) groups excluding carboxylic acids is 2. The summed E-state index contributed by atoms with van der Waals surface area (Å²) in [5, 5.41) is 5.71. The van der Waals surface area contributed by atoms with E-state index in [1.165, 1.54) is 89.9 Å². The highest BCUT2D eigenvalue weighted by molar-refractivity contribution is 5.67. The molecule has 0 saturated carbocycles. The van der Waals surface area contributed by atoms with Gasteiger partial charge in [-0.15, -0.1) is 0 Å². The topological polar surface area (TPSA) is 89.8 Å². The Morgan fingerprint density at radius 2 is 1.18 bits per heavy atom. The molecular weight excluding hydrogens is 566 g/mol. The van der Waals surface area contributed by atoms with Gasteiger partial charge in [0.2, 0.25) is 5.69 Å². The van der Waals surface area contributed by atoms with Crippen molar-refractivity contribution in [3.63, 3.8) is 0 Å². The van der Waals surface area contributed by atoms with Crippen LogP contribution in [0.4, 0.5) is 9.59 Å². The van der Waals surface area contributed by atoms with E-state index in [9.17, 15) is 9.59 Å². The van der Waals surface area contributed by atoms with Crippen molar-refractivity contribution in [1.29, 1.82) is 0 Å². The molecule has 8 heteroatoms. The number of nitrogens with one attached hydrogen (secondary N) is 2. The van der Waals surface area contributed by atoms with Gasteiger partial charge in [0.15, 0.2) is 5.69 Å². The number of alkyl carbamates (subject to hydrolysis) is 2. The van der Waals surface area contributed by atoms with Gasteiger partial charge in [0.05, 0.1) is 0 Å². The Morgan fingerprint density at radius 3 is 1.67 bits per heavy atom. The Bertz CT molecular complexity index is 1000. The van der Waals surface area contributed by atoms with Crippen LogP contribution in [0.3, 0.4) is 0 Å². The molecule has 0 spiro atoms.